The number of hydrogen-bond acceptors (Lipinski definition) is 4. The third-order valence-electron chi connectivity index (χ3n) is 4.78. The molecule has 1 amide bonds. The molecule has 4 aromatic rings. The van der Waals surface area contributed by atoms with Crippen LogP contribution in [0, 0.1) is 6.92 Å². The quantitative estimate of drug-likeness (QED) is 0.580. The van der Waals surface area contributed by atoms with Crippen molar-refractivity contribution in [3.63, 3.8) is 0 Å². The van der Waals surface area contributed by atoms with Crippen molar-refractivity contribution in [1.29, 1.82) is 0 Å². The lowest BCUT2D eigenvalue weighted by Crippen LogP contribution is -2.21. The first-order chi connectivity index (χ1) is 13.6. The molecule has 0 aliphatic carbocycles. The molecule has 140 valence electrons. The standard InChI is InChI=1S/C22H20N4O2/c1-15-10-11-19(16-7-4-12-23-21(15)16)25-20(27)9-5-13-26-14-24-18-8-3-2-6-17(18)22(26)28/h2-4,6-8,10-12,14H,5,9,13H2,1H3,(H,25,27). The minimum Gasteiger partial charge on any atom is -0.325 e. The van der Waals surface area contributed by atoms with Gasteiger partial charge >= 0.3 is 0 Å². The summed E-state index contributed by atoms with van der Waals surface area (Å²) in [6.45, 7) is 2.44. The van der Waals surface area contributed by atoms with Crippen molar-refractivity contribution in [2.75, 3.05) is 5.32 Å². The molecule has 0 spiro atoms. The van der Waals surface area contributed by atoms with Crippen molar-refractivity contribution in [3.05, 3.63) is 77.0 Å². The Bertz CT molecular complexity index is 1230. The Morgan fingerprint density at radius 2 is 1.86 bits per heavy atom. The number of hydrogen-bond donors (Lipinski definition) is 1. The molecule has 28 heavy (non-hydrogen) atoms. The number of benzene rings is 2. The third kappa shape index (κ3) is 3.49. The molecule has 0 atom stereocenters. The Labute approximate surface area is 161 Å². The average Bonchev–Trinajstić information content (AvgIpc) is 2.72. The minimum absolute atomic E-state index is 0.0818. The Hall–Kier alpha value is -3.54. The Morgan fingerprint density at radius 1 is 1.04 bits per heavy atom. The van der Waals surface area contributed by atoms with Crippen LogP contribution in [-0.4, -0.2) is 20.4 Å². The van der Waals surface area contributed by atoms with Gasteiger partial charge in [-0.3, -0.25) is 19.1 Å². The minimum atomic E-state index is -0.0872. The largest absolute Gasteiger partial charge is 0.325 e. The first-order valence-corrected chi connectivity index (χ1v) is 9.22. The van der Waals surface area contributed by atoms with Gasteiger partial charge in [-0.15, -0.1) is 0 Å². The number of aromatic nitrogens is 3. The van der Waals surface area contributed by atoms with E-state index in [1.807, 2.05) is 49.4 Å². The van der Waals surface area contributed by atoms with Gasteiger partial charge < -0.3 is 5.32 Å². The molecule has 6 nitrogen and oxygen atoms in total. The van der Waals surface area contributed by atoms with Gasteiger partial charge in [0, 0.05) is 24.5 Å². The molecule has 4 rings (SSSR count). The summed E-state index contributed by atoms with van der Waals surface area (Å²) in [6.07, 6.45) is 4.15. The van der Waals surface area contributed by atoms with Gasteiger partial charge in [-0.25, -0.2) is 4.98 Å². The molecule has 0 fully saturated rings. The van der Waals surface area contributed by atoms with Crippen LogP contribution in [0.4, 0.5) is 5.69 Å². The molecule has 0 unspecified atom stereocenters. The summed E-state index contributed by atoms with van der Waals surface area (Å²) in [5.74, 6) is -0.0872. The van der Waals surface area contributed by atoms with Crippen molar-refractivity contribution >= 4 is 33.4 Å². The normalized spacial score (nSPS) is 11.0. The summed E-state index contributed by atoms with van der Waals surface area (Å²) in [6, 6.07) is 14.9. The predicted octanol–water partition coefficient (Wildman–Crippen LogP) is 3.67. The summed E-state index contributed by atoms with van der Waals surface area (Å²) >= 11 is 0. The zero-order valence-corrected chi connectivity index (χ0v) is 15.6. The van der Waals surface area contributed by atoms with Gasteiger partial charge in [0.25, 0.3) is 5.56 Å². The van der Waals surface area contributed by atoms with E-state index in [9.17, 15) is 9.59 Å². The van der Waals surface area contributed by atoms with Crippen LogP contribution in [0.1, 0.15) is 18.4 Å². The van der Waals surface area contributed by atoms with Crippen molar-refractivity contribution in [2.24, 2.45) is 0 Å². The second-order valence-electron chi connectivity index (χ2n) is 6.74. The number of amides is 1. The maximum absolute atomic E-state index is 12.5. The summed E-state index contributed by atoms with van der Waals surface area (Å²) in [4.78, 5) is 33.6. The van der Waals surface area contributed by atoms with Gasteiger partial charge in [0.2, 0.25) is 5.91 Å². The number of nitrogens with zero attached hydrogens (tertiary/aromatic N) is 3. The molecule has 2 aromatic heterocycles. The van der Waals surface area contributed by atoms with Crippen molar-refractivity contribution in [2.45, 2.75) is 26.3 Å². The van der Waals surface area contributed by atoms with Crippen LogP contribution in [0.5, 0.6) is 0 Å². The van der Waals surface area contributed by atoms with Gasteiger partial charge in [0.15, 0.2) is 0 Å². The van der Waals surface area contributed by atoms with E-state index in [0.717, 1.165) is 22.2 Å². The second-order valence-corrected chi connectivity index (χ2v) is 6.74. The number of carbonyl (C=O) groups is 1. The fraction of sp³-hybridized carbons (Fsp3) is 0.182. The fourth-order valence-corrected chi connectivity index (χ4v) is 3.31. The number of rotatable bonds is 5. The molecule has 0 saturated heterocycles. The summed E-state index contributed by atoms with van der Waals surface area (Å²) < 4.78 is 1.56. The first kappa shape index (κ1) is 17.9. The zero-order valence-electron chi connectivity index (χ0n) is 15.6. The Kier molecular flexibility index (Phi) is 4.85. The van der Waals surface area contributed by atoms with Crippen LogP contribution in [0.2, 0.25) is 0 Å². The van der Waals surface area contributed by atoms with Crippen LogP contribution in [0.25, 0.3) is 21.8 Å². The van der Waals surface area contributed by atoms with E-state index in [1.165, 1.54) is 0 Å². The van der Waals surface area contributed by atoms with Crippen LogP contribution < -0.4 is 10.9 Å². The van der Waals surface area contributed by atoms with Gasteiger partial charge in [-0.1, -0.05) is 18.2 Å². The summed E-state index contributed by atoms with van der Waals surface area (Å²) in [5, 5.41) is 4.47. The highest BCUT2D eigenvalue weighted by atomic mass is 16.1. The van der Waals surface area contributed by atoms with E-state index in [-0.39, 0.29) is 11.5 Å². The molecule has 1 N–H and O–H groups in total. The maximum atomic E-state index is 12.5. The molecule has 2 aromatic carbocycles. The number of nitrogens with one attached hydrogen (secondary N) is 1. The molecule has 0 aliphatic heterocycles. The number of para-hydroxylation sites is 1. The van der Waals surface area contributed by atoms with E-state index < -0.39 is 0 Å². The van der Waals surface area contributed by atoms with E-state index in [0.29, 0.717) is 30.3 Å². The lowest BCUT2D eigenvalue weighted by molar-refractivity contribution is -0.116. The SMILES string of the molecule is Cc1ccc(NC(=O)CCCn2cnc3ccccc3c2=O)c2cccnc12. The molecule has 0 saturated carbocycles. The monoisotopic (exact) mass is 372 g/mol. The van der Waals surface area contributed by atoms with Crippen molar-refractivity contribution in [3.8, 4) is 0 Å². The smallest absolute Gasteiger partial charge is 0.261 e. The molecular weight excluding hydrogens is 352 g/mol. The molecule has 0 bridgehead atoms. The zero-order chi connectivity index (χ0) is 19.5. The first-order valence-electron chi connectivity index (χ1n) is 9.22. The molecule has 0 aliphatic rings. The van der Waals surface area contributed by atoms with E-state index >= 15 is 0 Å². The van der Waals surface area contributed by atoms with Gasteiger partial charge in [-0.05, 0) is 49.2 Å². The van der Waals surface area contributed by atoms with Gasteiger partial charge in [0.1, 0.15) is 0 Å². The number of pyridine rings is 1. The number of carbonyl (C=O) groups excluding carboxylic acids is 1. The highest BCUT2D eigenvalue weighted by Gasteiger charge is 2.09. The second kappa shape index (κ2) is 7.60. The lowest BCUT2D eigenvalue weighted by Gasteiger charge is -2.10. The predicted molar refractivity (Wildman–Crippen MR) is 110 cm³/mol. The summed E-state index contributed by atoms with van der Waals surface area (Å²) in [7, 11) is 0. The Morgan fingerprint density at radius 3 is 2.75 bits per heavy atom. The molecular formula is C22H20N4O2. The Balaban J connectivity index is 1.43. The maximum Gasteiger partial charge on any atom is 0.261 e. The highest BCUT2D eigenvalue weighted by Crippen LogP contribution is 2.24. The lowest BCUT2D eigenvalue weighted by atomic mass is 10.1. The van der Waals surface area contributed by atoms with E-state index in [2.05, 4.69) is 15.3 Å². The molecule has 0 radical (unpaired) electrons. The van der Waals surface area contributed by atoms with Crippen molar-refractivity contribution in [1.82, 2.24) is 14.5 Å². The molecule has 6 heteroatoms. The van der Waals surface area contributed by atoms with Gasteiger partial charge in [0.05, 0.1) is 28.4 Å². The number of fused-ring (bicyclic) bond motifs is 2. The molecule has 2 heterocycles. The topological polar surface area (TPSA) is 76.9 Å². The number of anilines is 1. The van der Waals surface area contributed by atoms with Crippen LogP contribution in [0.15, 0.2) is 65.8 Å². The summed E-state index contributed by atoms with van der Waals surface area (Å²) in [5.41, 5.74) is 3.30. The van der Waals surface area contributed by atoms with E-state index in [1.54, 1.807) is 23.2 Å². The number of aryl methyl sites for hydroxylation is 2. The van der Waals surface area contributed by atoms with Crippen LogP contribution in [0.3, 0.4) is 0 Å². The highest BCUT2D eigenvalue weighted by molar-refractivity contribution is 6.01. The average molecular weight is 372 g/mol. The third-order valence-corrected chi connectivity index (χ3v) is 4.78. The van der Waals surface area contributed by atoms with Crippen LogP contribution >= 0.6 is 0 Å². The van der Waals surface area contributed by atoms with Gasteiger partial charge in [-0.2, -0.15) is 0 Å². The van der Waals surface area contributed by atoms with Crippen molar-refractivity contribution < 1.29 is 4.79 Å². The van der Waals surface area contributed by atoms with E-state index in [4.69, 9.17) is 0 Å². The van der Waals surface area contributed by atoms with Crippen LogP contribution in [-0.2, 0) is 11.3 Å². The fourth-order valence-electron chi connectivity index (χ4n) is 3.31.